The number of rotatable bonds is 7. The average molecular weight is 317 g/mol. The van der Waals surface area contributed by atoms with Crippen molar-refractivity contribution in [2.24, 2.45) is 0 Å². The minimum absolute atomic E-state index is 0.228. The summed E-state index contributed by atoms with van der Waals surface area (Å²) in [5, 5.41) is 0. The fourth-order valence-electron chi connectivity index (χ4n) is 2.76. The molecule has 0 atom stereocenters. The molecule has 5 nitrogen and oxygen atoms in total. The van der Waals surface area contributed by atoms with Crippen molar-refractivity contribution in [3.8, 4) is 5.75 Å². The van der Waals surface area contributed by atoms with Gasteiger partial charge in [-0.2, -0.15) is 0 Å². The average Bonchev–Trinajstić information content (AvgIpc) is 2.59. The lowest BCUT2D eigenvalue weighted by molar-refractivity contribution is -0.132. The monoisotopic (exact) mass is 317 g/mol. The van der Waals surface area contributed by atoms with Crippen molar-refractivity contribution in [1.82, 2.24) is 9.80 Å². The Morgan fingerprint density at radius 2 is 2.09 bits per heavy atom. The summed E-state index contributed by atoms with van der Waals surface area (Å²) >= 11 is 0. The van der Waals surface area contributed by atoms with E-state index in [-0.39, 0.29) is 5.91 Å². The Kier molecular flexibility index (Phi) is 6.47. The number of hydrogen-bond acceptors (Lipinski definition) is 4. The van der Waals surface area contributed by atoms with Crippen LogP contribution in [0.1, 0.15) is 18.9 Å². The third kappa shape index (κ3) is 4.99. The fraction of sp³-hybridized carbons (Fsp3) is 0.500. The zero-order valence-electron chi connectivity index (χ0n) is 14.0. The summed E-state index contributed by atoms with van der Waals surface area (Å²) in [7, 11) is 0. The Morgan fingerprint density at radius 1 is 1.35 bits per heavy atom. The molecule has 1 saturated heterocycles. The minimum atomic E-state index is 0.228. The van der Waals surface area contributed by atoms with E-state index in [0.29, 0.717) is 30.9 Å². The number of piperazine rings is 1. The van der Waals surface area contributed by atoms with Crippen LogP contribution in [-0.2, 0) is 11.2 Å². The van der Waals surface area contributed by atoms with E-state index >= 15 is 0 Å². The number of ether oxygens (including phenoxy) is 1. The summed E-state index contributed by atoms with van der Waals surface area (Å²) in [5.41, 5.74) is 7.65. The Hall–Kier alpha value is -2.01. The van der Waals surface area contributed by atoms with Gasteiger partial charge in [-0.05, 0) is 30.7 Å². The summed E-state index contributed by atoms with van der Waals surface area (Å²) in [6.07, 6.45) is 2.92. The maximum absolute atomic E-state index is 12.3. The number of benzene rings is 1. The van der Waals surface area contributed by atoms with E-state index in [2.05, 4.69) is 18.4 Å². The molecule has 126 valence electrons. The molecule has 23 heavy (non-hydrogen) atoms. The maximum atomic E-state index is 12.3. The molecule has 2 rings (SSSR count). The summed E-state index contributed by atoms with van der Waals surface area (Å²) < 4.78 is 5.46. The number of aryl methyl sites for hydroxylation is 1. The summed E-state index contributed by atoms with van der Waals surface area (Å²) in [6.45, 7) is 10.9. The Morgan fingerprint density at radius 3 is 2.70 bits per heavy atom. The van der Waals surface area contributed by atoms with Gasteiger partial charge >= 0.3 is 0 Å². The summed E-state index contributed by atoms with van der Waals surface area (Å²) in [4.78, 5) is 16.6. The lowest BCUT2D eigenvalue weighted by Gasteiger charge is -2.34. The maximum Gasteiger partial charge on any atom is 0.222 e. The standard InChI is InChI=1S/C18H27N3O2/c1-3-13-23-17-7-5-15(14-16(17)19)6-8-18(22)21-11-9-20(4-2)10-12-21/h3,5,7,14H,1,4,6,8-13,19H2,2H3. The molecule has 1 fully saturated rings. The van der Waals surface area contributed by atoms with Crippen molar-refractivity contribution in [3.63, 3.8) is 0 Å². The fourth-order valence-corrected chi connectivity index (χ4v) is 2.76. The van der Waals surface area contributed by atoms with Gasteiger partial charge in [-0.25, -0.2) is 0 Å². The minimum Gasteiger partial charge on any atom is -0.487 e. The molecule has 0 aliphatic carbocycles. The first kappa shape index (κ1) is 17.3. The number of carbonyl (C=O) groups is 1. The van der Waals surface area contributed by atoms with Crippen LogP contribution >= 0.6 is 0 Å². The number of hydrogen-bond donors (Lipinski definition) is 1. The summed E-state index contributed by atoms with van der Waals surface area (Å²) in [5.74, 6) is 0.891. The molecule has 0 spiro atoms. The van der Waals surface area contributed by atoms with Crippen molar-refractivity contribution >= 4 is 11.6 Å². The van der Waals surface area contributed by atoms with Crippen molar-refractivity contribution in [2.75, 3.05) is 45.1 Å². The number of nitrogens with two attached hydrogens (primary N) is 1. The van der Waals surface area contributed by atoms with Crippen LogP contribution in [0.5, 0.6) is 5.75 Å². The molecule has 1 aliphatic heterocycles. The number of anilines is 1. The number of likely N-dealkylation sites (N-methyl/N-ethyl adjacent to an activating group) is 1. The van der Waals surface area contributed by atoms with Gasteiger partial charge in [-0.3, -0.25) is 4.79 Å². The van der Waals surface area contributed by atoms with Crippen molar-refractivity contribution < 1.29 is 9.53 Å². The van der Waals surface area contributed by atoms with Gasteiger partial charge < -0.3 is 20.3 Å². The molecule has 1 aromatic rings. The van der Waals surface area contributed by atoms with Crippen LogP contribution in [-0.4, -0.2) is 55.0 Å². The van der Waals surface area contributed by atoms with Gasteiger partial charge in [0.1, 0.15) is 12.4 Å². The Bertz CT molecular complexity index is 537. The highest BCUT2D eigenvalue weighted by Gasteiger charge is 2.19. The molecule has 1 amide bonds. The van der Waals surface area contributed by atoms with Gasteiger partial charge in [-0.15, -0.1) is 0 Å². The molecule has 1 aliphatic rings. The van der Waals surface area contributed by atoms with Crippen LogP contribution in [0.3, 0.4) is 0 Å². The highest BCUT2D eigenvalue weighted by Crippen LogP contribution is 2.23. The van der Waals surface area contributed by atoms with E-state index in [9.17, 15) is 4.79 Å². The van der Waals surface area contributed by atoms with Crippen LogP contribution in [0.25, 0.3) is 0 Å². The Labute approximate surface area is 138 Å². The predicted molar refractivity (Wildman–Crippen MR) is 93.6 cm³/mol. The molecule has 0 radical (unpaired) electrons. The first-order chi connectivity index (χ1) is 11.1. The molecule has 0 bridgehead atoms. The van der Waals surface area contributed by atoms with Gasteiger partial charge in [0.25, 0.3) is 0 Å². The largest absolute Gasteiger partial charge is 0.487 e. The van der Waals surface area contributed by atoms with E-state index < -0.39 is 0 Å². The highest BCUT2D eigenvalue weighted by atomic mass is 16.5. The third-order valence-electron chi connectivity index (χ3n) is 4.23. The highest BCUT2D eigenvalue weighted by molar-refractivity contribution is 5.76. The second kappa shape index (κ2) is 8.58. The van der Waals surface area contributed by atoms with Gasteiger partial charge in [0, 0.05) is 32.6 Å². The van der Waals surface area contributed by atoms with Crippen LogP contribution in [0.2, 0.25) is 0 Å². The van der Waals surface area contributed by atoms with E-state index in [1.807, 2.05) is 23.1 Å². The van der Waals surface area contributed by atoms with E-state index in [1.165, 1.54) is 0 Å². The number of nitrogen functional groups attached to an aromatic ring is 1. The van der Waals surface area contributed by atoms with Gasteiger partial charge in [0.2, 0.25) is 5.91 Å². The predicted octanol–water partition coefficient (Wildman–Crippen LogP) is 1.93. The number of amides is 1. The van der Waals surface area contributed by atoms with Crippen molar-refractivity contribution in [1.29, 1.82) is 0 Å². The van der Waals surface area contributed by atoms with E-state index in [4.69, 9.17) is 10.5 Å². The van der Waals surface area contributed by atoms with Gasteiger partial charge in [-0.1, -0.05) is 25.6 Å². The SMILES string of the molecule is C=CCOc1ccc(CCC(=O)N2CCN(CC)CC2)cc1N. The molecule has 0 unspecified atom stereocenters. The molecule has 1 heterocycles. The lowest BCUT2D eigenvalue weighted by atomic mass is 10.1. The zero-order chi connectivity index (χ0) is 16.7. The normalized spacial score (nSPS) is 15.4. The molecular formula is C18H27N3O2. The zero-order valence-corrected chi connectivity index (χ0v) is 14.0. The van der Waals surface area contributed by atoms with E-state index in [0.717, 1.165) is 38.3 Å². The lowest BCUT2D eigenvalue weighted by Crippen LogP contribution is -2.48. The second-order valence-electron chi connectivity index (χ2n) is 5.79. The van der Waals surface area contributed by atoms with Crippen LogP contribution in [0.4, 0.5) is 5.69 Å². The van der Waals surface area contributed by atoms with Crippen LogP contribution in [0, 0.1) is 0 Å². The molecule has 0 aromatic heterocycles. The smallest absolute Gasteiger partial charge is 0.222 e. The second-order valence-corrected chi connectivity index (χ2v) is 5.79. The molecule has 0 saturated carbocycles. The molecule has 2 N–H and O–H groups in total. The van der Waals surface area contributed by atoms with Crippen molar-refractivity contribution in [3.05, 3.63) is 36.4 Å². The van der Waals surface area contributed by atoms with E-state index in [1.54, 1.807) is 6.08 Å². The Balaban J connectivity index is 1.82. The number of nitrogens with zero attached hydrogens (tertiary/aromatic N) is 2. The molecule has 1 aromatic carbocycles. The quantitative estimate of drug-likeness (QED) is 0.617. The van der Waals surface area contributed by atoms with Crippen molar-refractivity contribution in [2.45, 2.75) is 19.8 Å². The first-order valence-corrected chi connectivity index (χ1v) is 8.26. The van der Waals surface area contributed by atoms with Crippen LogP contribution < -0.4 is 10.5 Å². The van der Waals surface area contributed by atoms with Gasteiger partial charge in [0.15, 0.2) is 0 Å². The first-order valence-electron chi connectivity index (χ1n) is 8.26. The number of carbonyl (C=O) groups excluding carboxylic acids is 1. The third-order valence-corrected chi connectivity index (χ3v) is 4.23. The molecule has 5 heteroatoms. The topological polar surface area (TPSA) is 58.8 Å². The summed E-state index contributed by atoms with van der Waals surface area (Å²) in [6, 6.07) is 5.72. The van der Waals surface area contributed by atoms with Gasteiger partial charge in [0.05, 0.1) is 5.69 Å². The van der Waals surface area contributed by atoms with Crippen LogP contribution in [0.15, 0.2) is 30.9 Å². The molecular weight excluding hydrogens is 290 g/mol.